The first-order valence-electron chi connectivity index (χ1n) is 41.9. The molecule has 0 atom stereocenters. The molecule has 10 aromatic heterocycles. The van der Waals surface area contributed by atoms with E-state index in [0.29, 0.717) is 29.1 Å². The predicted octanol–water partition coefficient (Wildman–Crippen LogP) is 30.2. The molecule has 1 fully saturated rings. The maximum absolute atomic E-state index is 6.73. The number of benzene rings is 16. The molecular formula is C108H68BClN8O4S4. The fourth-order valence-corrected chi connectivity index (χ4v) is 23.6. The van der Waals surface area contributed by atoms with Crippen molar-refractivity contribution in [2.24, 2.45) is 0 Å². The SMILES string of the molecule is CC1(C)OB(c2cc(-n3c4ccccc4c4ccccc43)cc3c2sc2ccc4c5ccccc5oc4c23)OC1(C)C.Clc1nc(-c2ccccc2)nc(-c2cccc3c2sc2ccccc23)n1.c1ccc(-c2nc(-c3cccc4c3sc3ccccc34)nc(-c3cc(-n4c5ccccc5c5ccccc54)cc4c3sc3ccc5c6ccccc6oc5c34)n2)cc1. The van der Waals surface area contributed by atoms with E-state index >= 15 is 0 Å². The van der Waals surface area contributed by atoms with E-state index in [1.54, 1.807) is 45.3 Å². The van der Waals surface area contributed by atoms with E-state index in [-0.39, 0.29) is 5.28 Å². The average Bonchev–Trinajstić information content (AvgIpc) is 1.56. The van der Waals surface area contributed by atoms with E-state index in [2.05, 4.69) is 314 Å². The lowest BCUT2D eigenvalue weighted by Gasteiger charge is -2.32. The summed E-state index contributed by atoms with van der Waals surface area (Å²) in [4.78, 5) is 29.4. The minimum Gasteiger partial charge on any atom is -0.455 e. The predicted molar refractivity (Wildman–Crippen MR) is 529 cm³/mol. The molecule has 12 nitrogen and oxygen atoms in total. The molecule has 11 heterocycles. The summed E-state index contributed by atoms with van der Waals surface area (Å²) >= 11 is 13.3. The quantitative estimate of drug-likeness (QED) is 0.135. The van der Waals surface area contributed by atoms with Gasteiger partial charge in [0.15, 0.2) is 29.1 Å². The third-order valence-electron chi connectivity index (χ3n) is 25.2. The zero-order valence-corrected chi connectivity index (χ0v) is 72.2. The Balaban J connectivity index is 0.000000111. The van der Waals surface area contributed by atoms with Gasteiger partial charge in [0.05, 0.1) is 33.3 Å². The first-order valence-corrected chi connectivity index (χ1v) is 45.5. The first kappa shape index (κ1) is 74.5. The highest BCUT2D eigenvalue weighted by Crippen LogP contribution is 2.51. The van der Waals surface area contributed by atoms with Crippen LogP contribution in [0.2, 0.25) is 5.28 Å². The molecule has 1 aliphatic heterocycles. The summed E-state index contributed by atoms with van der Waals surface area (Å²) in [6.45, 7) is 8.46. The minimum atomic E-state index is -0.496. The number of para-hydroxylation sites is 6. The van der Waals surface area contributed by atoms with Crippen molar-refractivity contribution in [3.05, 3.63) is 345 Å². The van der Waals surface area contributed by atoms with Crippen LogP contribution in [0.5, 0.6) is 0 Å². The molecule has 1 aliphatic rings. The van der Waals surface area contributed by atoms with Crippen LogP contribution in [-0.4, -0.2) is 57.4 Å². The number of furan rings is 2. The fourth-order valence-electron chi connectivity index (χ4n) is 18.6. The monoisotopic (exact) mass is 1710 g/mol. The van der Waals surface area contributed by atoms with Gasteiger partial charge in [0.25, 0.3) is 0 Å². The van der Waals surface area contributed by atoms with Crippen LogP contribution in [0.4, 0.5) is 0 Å². The van der Waals surface area contributed by atoms with Crippen LogP contribution < -0.4 is 5.46 Å². The van der Waals surface area contributed by atoms with Gasteiger partial charge in [-0.05, 0) is 148 Å². The topological polar surface area (TPSA) is 132 Å². The Kier molecular flexibility index (Phi) is 17.2. The fraction of sp³-hybridized carbons (Fsp3) is 0.0556. The molecule has 598 valence electrons. The number of aromatic nitrogens is 8. The van der Waals surface area contributed by atoms with Crippen molar-refractivity contribution in [3.8, 4) is 68.3 Å². The summed E-state index contributed by atoms with van der Waals surface area (Å²) in [6.07, 6.45) is 0. The standard InChI is InChI=1S/C51H28N4OS2.C36H28BNO3S.C21H12ClN3S/c1-2-13-29(14-3-1)49-52-50(37-20-12-19-36-34-18-7-11-24-43(34)57-47(36)37)54-51(53-49)39-28-30(55-40-21-8-4-15-31(40)32-16-5-9-22-41(32)55)27-38-45-44(58-48(38)39)26-25-35-33-17-6-10-23-42(33)56-46(35)45;1-35(2)36(3,4)41-37(40-35)27-20-21(38-28-14-8-5-11-22(28)23-12-6-9-15-29(23)38)19-26-32-31(42-34(26)27)18-17-25-24-13-7-10-16-30(24)39-33(25)32;22-21-24-19(13-7-2-1-3-8-13)23-20(25-21)16-11-6-10-15-14-9-4-5-12-17(14)26-18(15)16/h1-28H;5-20H,1-4H3;1-12H. The van der Waals surface area contributed by atoms with Crippen LogP contribution in [0, 0.1) is 0 Å². The third-order valence-corrected chi connectivity index (χ3v) is 30.2. The summed E-state index contributed by atoms with van der Waals surface area (Å²) in [5, 5.41) is 19.0. The maximum Gasteiger partial charge on any atom is 0.496 e. The molecule has 0 aliphatic carbocycles. The summed E-state index contributed by atoms with van der Waals surface area (Å²) in [5.74, 6) is 3.09. The average molecular weight is 1720 g/mol. The number of nitrogens with zero attached hydrogens (tertiary/aromatic N) is 8. The van der Waals surface area contributed by atoms with Gasteiger partial charge in [-0.25, -0.2) is 19.9 Å². The van der Waals surface area contributed by atoms with Gasteiger partial charge < -0.3 is 27.3 Å². The summed E-state index contributed by atoms with van der Waals surface area (Å²) in [7, 11) is -0.496. The number of hydrogen-bond acceptors (Lipinski definition) is 14. The van der Waals surface area contributed by atoms with Crippen molar-refractivity contribution in [3.63, 3.8) is 0 Å². The molecule has 0 unspecified atom stereocenters. The van der Waals surface area contributed by atoms with E-state index < -0.39 is 18.3 Å². The van der Waals surface area contributed by atoms with Crippen molar-refractivity contribution >= 4 is 238 Å². The second-order valence-corrected chi connectivity index (χ2v) is 37.5. The van der Waals surface area contributed by atoms with Crippen molar-refractivity contribution in [1.82, 2.24) is 39.0 Å². The van der Waals surface area contributed by atoms with Gasteiger partial charge in [-0.15, -0.1) is 45.3 Å². The number of hydrogen-bond donors (Lipinski definition) is 0. The molecule has 126 heavy (non-hydrogen) atoms. The second-order valence-electron chi connectivity index (χ2n) is 33.0. The molecule has 0 N–H and O–H groups in total. The molecule has 27 rings (SSSR count). The van der Waals surface area contributed by atoms with Gasteiger partial charge >= 0.3 is 7.12 Å². The summed E-state index contributed by atoms with van der Waals surface area (Å²) in [5.41, 5.74) is 15.3. The largest absolute Gasteiger partial charge is 0.496 e. The molecule has 0 bridgehead atoms. The van der Waals surface area contributed by atoms with Crippen LogP contribution in [0.3, 0.4) is 0 Å². The van der Waals surface area contributed by atoms with Gasteiger partial charge in [-0.2, -0.15) is 9.97 Å². The van der Waals surface area contributed by atoms with E-state index in [1.165, 1.54) is 72.9 Å². The normalized spacial score (nSPS) is 13.5. The van der Waals surface area contributed by atoms with Crippen LogP contribution in [0.1, 0.15) is 27.7 Å². The van der Waals surface area contributed by atoms with Crippen molar-refractivity contribution in [2.45, 2.75) is 38.9 Å². The Labute approximate surface area is 741 Å². The maximum atomic E-state index is 6.73. The lowest BCUT2D eigenvalue weighted by atomic mass is 9.78. The van der Waals surface area contributed by atoms with Crippen LogP contribution in [0.25, 0.3) is 236 Å². The van der Waals surface area contributed by atoms with Gasteiger partial charge in [0.2, 0.25) is 5.28 Å². The molecule has 0 amide bonds. The molecular weight excluding hydrogens is 1650 g/mol. The number of fused-ring (bicyclic) bond motifs is 26. The Morgan fingerprint density at radius 1 is 0.278 bits per heavy atom. The van der Waals surface area contributed by atoms with E-state index in [0.717, 1.165) is 140 Å². The number of thiophene rings is 4. The van der Waals surface area contributed by atoms with Crippen molar-refractivity contribution in [1.29, 1.82) is 0 Å². The Bertz CT molecular complexity index is 8890. The molecule has 0 spiro atoms. The second kappa shape index (κ2) is 29.0. The van der Waals surface area contributed by atoms with Gasteiger partial charge in [-0.1, -0.05) is 231 Å². The smallest absolute Gasteiger partial charge is 0.455 e. The highest BCUT2D eigenvalue weighted by atomic mass is 35.5. The van der Waals surface area contributed by atoms with E-state index in [4.69, 9.17) is 49.7 Å². The number of halogens is 1. The lowest BCUT2D eigenvalue weighted by Crippen LogP contribution is -2.41. The van der Waals surface area contributed by atoms with Crippen LogP contribution in [0.15, 0.2) is 349 Å². The highest BCUT2D eigenvalue weighted by molar-refractivity contribution is 7.28. The van der Waals surface area contributed by atoms with E-state index in [1.807, 2.05) is 72.8 Å². The highest BCUT2D eigenvalue weighted by Gasteiger charge is 2.52. The molecule has 0 radical (unpaired) electrons. The molecule has 16 aromatic carbocycles. The Morgan fingerprint density at radius 2 is 0.627 bits per heavy atom. The van der Waals surface area contributed by atoms with E-state index in [9.17, 15) is 0 Å². The first-order chi connectivity index (χ1) is 61.8. The van der Waals surface area contributed by atoms with Crippen LogP contribution in [-0.2, 0) is 9.31 Å². The van der Waals surface area contributed by atoms with Gasteiger partial charge in [0.1, 0.15) is 22.3 Å². The zero-order chi connectivity index (χ0) is 83.8. The lowest BCUT2D eigenvalue weighted by molar-refractivity contribution is 0.00578. The Morgan fingerprint density at radius 3 is 1.11 bits per heavy atom. The van der Waals surface area contributed by atoms with Gasteiger partial charge in [-0.3, -0.25) is 0 Å². The molecule has 1 saturated heterocycles. The molecule has 26 aromatic rings. The third kappa shape index (κ3) is 11.9. The molecule has 18 heteroatoms. The summed E-state index contributed by atoms with van der Waals surface area (Å²) < 4.78 is 40.9. The van der Waals surface area contributed by atoms with Crippen molar-refractivity contribution < 1.29 is 18.1 Å². The Hall–Kier alpha value is -14.1. The number of rotatable bonds is 8. The van der Waals surface area contributed by atoms with Gasteiger partial charge in [0, 0.05) is 168 Å². The minimum absolute atomic E-state index is 0.201. The van der Waals surface area contributed by atoms with Crippen molar-refractivity contribution in [2.75, 3.05) is 0 Å². The zero-order valence-electron chi connectivity index (χ0n) is 68.1. The van der Waals surface area contributed by atoms with Crippen LogP contribution >= 0.6 is 56.9 Å². The molecule has 0 saturated carbocycles. The summed E-state index contributed by atoms with van der Waals surface area (Å²) in [6, 6.07) is 119.